The van der Waals surface area contributed by atoms with E-state index in [2.05, 4.69) is 46.8 Å². The van der Waals surface area contributed by atoms with Crippen LogP contribution in [0.4, 0.5) is 0 Å². The van der Waals surface area contributed by atoms with Gasteiger partial charge in [0.15, 0.2) is 0 Å². The zero-order chi connectivity index (χ0) is 21.0. The number of hydrogen-bond donors (Lipinski definition) is 1. The Hall–Kier alpha value is -2.89. The van der Waals surface area contributed by atoms with E-state index in [0.29, 0.717) is 28.9 Å². The lowest BCUT2D eigenvalue weighted by Gasteiger charge is -2.43. The number of aromatic nitrogens is 4. The third kappa shape index (κ3) is 2.97. The molecule has 8 heteroatoms. The maximum Gasteiger partial charge on any atom is 0.146 e. The van der Waals surface area contributed by atoms with Gasteiger partial charge in [0.25, 0.3) is 0 Å². The van der Waals surface area contributed by atoms with E-state index < -0.39 is 0 Å². The molecule has 0 spiro atoms. The lowest BCUT2D eigenvalue weighted by molar-refractivity contribution is 0.0571. The Labute approximate surface area is 176 Å². The van der Waals surface area contributed by atoms with Crippen molar-refractivity contribution in [2.24, 2.45) is 0 Å². The summed E-state index contributed by atoms with van der Waals surface area (Å²) in [6.45, 7) is 9.81. The van der Waals surface area contributed by atoms with Crippen molar-refractivity contribution < 1.29 is 4.74 Å². The molecule has 5 rings (SSSR count). The van der Waals surface area contributed by atoms with Gasteiger partial charge in [-0.1, -0.05) is 0 Å². The standard InChI is InChI=1S/C22H27N7O/c1-14-19(15-5-20(30-4)21-16(7-23)8-25-28(21)11-15)10-26-29(14)18-12-27(13-18)17-6-22(2,3)24-9-17/h5,8,10-11,17-18,24H,6,9,12-13H2,1-4H3. The quantitative estimate of drug-likeness (QED) is 0.718. The summed E-state index contributed by atoms with van der Waals surface area (Å²) >= 11 is 0. The second-order valence-electron chi connectivity index (χ2n) is 9.08. The summed E-state index contributed by atoms with van der Waals surface area (Å²) < 4.78 is 9.42. The van der Waals surface area contributed by atoms with Gasteiger partial charge in [-0.25, -0.2) is 4.52 Å². The second-order valence-corrected chi connectivity index (χ2v) is 9.08. The molecule has 0 bridgehead atoms. The van der Waals surface area contributed by atoms with E-state index in [0.717, 1.165) is 36.5 Å². The smallest absolute Gasteiger partial charge is 0.146 e. The number of methoxy groups -OCH3 is 1. The molecule has 3 aromatic heterocycles. The van der Waals surface area contributed by atoms with Crippen molar-refractivity contribution in [3.05, 3.63) is 35.9 Å². The van der Waals surface area contributed by atoms with Crippen LogP contribution in [0.1, 0.15) is 37.6 Å². The number of nitriles is 1. The van der Waals surface area contributed by atoms with Crippen LogP contribution in [-0.2, 0) is 0 Å². The number of likely N-dealkylation sites (tertiary alicyclic amines) is 1. The Balaban J connectivity index is 1.39. The van der Waals surface area contributed by atoms with Crippen LogP contribution in [0.5, 0.6) is 5.75 Å². The Bertz CT molecular complexity index is 1150. The fourth-order valence-corrected chi connectivity index (χ4v) is 4.87. The van der Waals surface area contributed by atoms with E-state index in [1.165, 1.54) is 6.42 Å². The molecule has 3 aromatic rings. The number of nitrogens with zero attached hydrogens (tertiary/aromatic N) is 6. The highest BCUT2D eigenvalue weighted by Crippen LogP contribution is 2.34. The van der Waals surface area contributed by atoms with Gasteiger partial charge in [0, 0.05) is 54.2 Å². The molecular weight excluding hydrogens is 378 g/mol. The average Bonchev–Trinajstić information content (AvgIpc) is 3.37. The van der Waals surface area contributed by atoms with Crippen molar-refractivity contribution in [1.82, 2.24) is 29.6 Å². The van der Waals surface area contributed by atoms with Gasteiger partial charge in [0.05, 0.1) is 25.5 Å². The van der Waals surface area contributed by atoms with Crippen LogP contribution in [-0.4, -0.2) is 62.6 Å². The highest BCUT2D eigenvalue weighted by atomic mass is 16.5. The van der Waals surface area contributed by atoms with Crippen molar-refractivity contribution in [2.75, 3.05) is 26.7 Å². The number of fused-ring (bicyclic) bond motifs is 1. The first-order chi connectivity index (χ1) is 14.4. The van der Waals surface area contributed by atoms with Gasteiger partial charge >= 0.3 is 0 Å². The van der Waals surface area contributed by atoms with E-state index in [1.54, 1.807) is 17.8 Å². The second kappa shape index (κ2) is 6.83. The largest absolute Gasteiger partial charge is 0.494 e. The number of ether oxygens (including phenoxy) is 1. The molecule has 0 aromatic carbocycles. The van der Waals surface area contributed by atoms with E-state index in [9.17, 15) is 5.26 Å². The average molecular weight is 406 g/mol. The van der Waals surface area contributed by atoms with Crippen molar-refractivity contribution in [3.63, 3.8) is 0 Å². The molecule has 2 saturated heterocycles. The molecule has 1 atom stereocenters. The molecule has 0 radical (unpaired) electrons. The number of hydrogen-bond acceptors (Lipinski definition) is 6. The van der Waals surface area contributed by atoms with E-state index in [1.807, 2.05) is 18.5 Å². The van der Waals surface area contributed by atoms with Crippen molar-refractivity contribution >= 4 is 5.52 Å². The van der Waals surface area contributed by atoms with Gasteiger partial charge in [-0.05, 0) is 33.3 Å². The summed E-state index contributed by atoms with van der Waals surface area (Å²) in [5, 5.41) is 22.0. The topological polar surface area (TPSA) is 83.4 Å². The summed E-state index contributed by atoms with van der Waals surface area (Å²) in [5.41, 5.74) is 4.61. The Kier molecular flexibility index (Phi) is 4.34. The molecular formula is C22H27N7O. The van der Waals surface area contributed by atoms with Crippen LogP contribution in [0, 0.1) is 18.3 Å². The fraction of sp³-hybridized carbons (Fsp3) is 0.500. The molecule has 0 amide bonds. The lowest BCUT2D eigenvalue weighted by atomic mass is 9.97. The Morgan fingerprint density at radius 3 is 2.70 bits per heavy atom. The van der Waals surface area contributed by atoms with Crippen LogP contribution in [0.3, 0.4) is 0 Å². The summed E-state index contributed by atoms with van der Waals surface area (Å²) in [6, 6.07) is 5.16. The minimum absolute atomic E-state index is 0.236. The van der Waals surface area contributed by atoms with Gasteiger partial charge in [0.2, 0.25) is 0 Å². The first-order valence-corrected chi connectivity index (χ1v) is 10.4. The third-order valence-electron chi connectivity index (χ3n) is 6.59. The first kappa shape index (κ1) is 19.1. The molecule has 5 heterocycles. The summed E-state index contributed by atoms with van der Waals surface area (Å²) in [4.78, 5) is 2.56. The van der Waals surface area contributed by atoms with Gasteiger partial charge in [-0.3, -0.25) is 9.58 Å². The van der Waals surface area contributed by atoms with Gasteiger partial charge < -0.3 is 10.1 Å². The van der Waals surface area contributed by atoms with Gasteiger partial charge in [-0.2, -0.15) is 15.5 Å². The van der Waals surface area contributed by atoms with Crippen molar-refractivity contribution in [3.8, 4) is 22.9 Å². The van der Waals surface area contributed by atoms with Crippen LogP contribution in [0.15, 0.2) is 24.7 Å². The summed E-state index contributed by atoms with van der Waals surface area (Å²) in [5.74, 6) is 0.639. The molecule has 8 nitrogen and oxygen atoms in total. The number of nitrogens with one attached hydrogen (secondary N) is 1. The summed E-state index contributed by atoms with van der Waals surface area (Å²) in [6.07, 6.45) is 6.62. The minimum atomic E-state index is 0.236. The normalized spacial score (nSPS) is 21.6. The molecule has 1 unspecified atom stereocenters. The van der Waals surface area contributed by atoms with Crippen LogP contribution >= 0.6 is 0 Å². The lowest BCUT2D eigenvalue weighted by Crippen LogP contribution is -2.53. The number of rotatable bonds is 4. The molecule has 2 fully saturated rings. The van der Waals surface area contributed by atoms with Crippen molar-refractivity contribution in [1.29, 1.82) is 5.26 Å². The van der Waals surface area contributed by atoms with Crippen molar-refractivity contribution in [2.45, 2.75) is 44.8 Å². The Morgan fingerprint density at radius 1 is 1.23 bits per heavy atom. The molecule has 2 aliphatic heterocycles. The maximum atomic E-state index is 9.32. The predicted octanol–water partition coefficient (Wildman–Crippen LogP) is 2.38. The van der Waals surface area contributed by atoms with Crippen LogP contribution in [0.2, 0.25) is 0 Å². The van der Waals surface area contributed by atoms with E-state index >= 15 is 0 Å². The van der Waals surface area contributed by atoms with E-state index in [-0.39, 0.29) is 5.54 Å². The van der Waals surface area contributed by atoms with Gasteiger partial charge in [0.1, 0.15) is 22.9 Å². The molecule has 0 saturated carbocycles. The number of pyridine rings is 1. The molecule has 0 aliphatic carbocycles. The Morgan fingerprint density at radius 2 is 2.03 bits per heavy atom. The zero-order valence-corrected chi connectivity index (χ0v) is 17.9. The van der Waals surface area contributed by atoms with E-state index in [4.69, 9.17) is 9.84 Å². The highest BCUT2D eigenvalue weighted by Gasteiger charge is 2.40. The fourth-order valence-electron chi connectivity index (χ4n) is 4.87. The predicted molar refractivity (Wildman–Crippen MR) is 114 cm³/mol. The van der Waals surface area contributed by atoms with Crippen LogP contribution < -0.4 is 10.1 Å². The SMILES string of the molecule is COc1cc(-c2cnn(C3CN(C4CNC(C)(C)C4)C3)c2C)cn2ncc(C#N)c12. The summed E-state index contributed by atoms with van der Waals surface area (Å²) in [7, 11) is 1.62. The van der Waals surface area contributed by atoms with Gasteiger partial charge in [-0.15, -0.1) is 0 Å². The molecule has 30 heavy (non-hydrogen) atoms. The maximum absolute atomic E-state index is 9.32. The first-order valence-electron chi connectivity index (χ1n) is 10.4. The minimum Gasteiger partial charge on any atom is -0.494 e. The molecule has 156 valence electrons. The molecule has 1 N–H and O–H groups in total. The molecule has 2 aliphatic rings. The zero-order valence-electron chi connectivity index (χ0n) is 17.9. The monoisotopic (exact) mass is 405 g/mol. The third-order valence-corrected chi connectivity index (χ3v) is 6.59. The van der Waals surface area contributed by atoms with Crippen LogP contribution in [0.25, 0.3) is 16.6 Å². The highest BCUT2D eigenvalue weighted by molar-refractivity contribution is 5.75.